The molecule has 1 atom stereocenters. The molecular formula is C11H22N2OS. The number of thioether (sulfide) groups is 1. The maximum atomic E-state index is 10.9. The van der Waals surface area contributed by atoms with Crippen molar-refractivity contribution in [1.29, 1.82) is 0 Å². The van der Waals surface area contributed by atoms with Crippen LogP contribution in [-0.4, -0.2) is 30.0 Å². The molecule has 0 saturated heterocycles. The molecule has 1 unspecified atom stereocenters. The van der Waals surface area contributed by atoms with Gasteiger partial charge in [-0.2, -0.15) is 11.8 Å². The van der Waals surface area contributed by atoms with Crippen molar-refractivity contribution in [3.63, 3.8) is 0 Å². The predicted molar refractivity (Wildman–Crippen MR) is 65.9 cm³/mol. The highest BCUT2D eigenvalue weighted by Gasteiger charge is 2.32. The Labute approximate surface area is 96.6 Å². The van der Waals surface area contributed by atoms with Crippen molar-refractivity contribution in [3.8, 4) is 0 Å². The zero-order valence-corrected chi connectivity index (χ0v) is 10.5. The van der Waals surface area contributed by atoms with Crippen molar-refractivity contribution in [2.24, 2.45) is 11.7 Å². The number of carbonyl (C=O) groups is 1. The molecule has 1 fully saturated rings. The maximum absolute atomic E-state index is 10.9. The molecule has 1 saturated carbocycles. The van der Waals surface area contributed by atoms with E-state index in [1.54, 1.807) is 0 Å². The first-order valence-corrected chi connectivity index (χ1v) is 6.87. The van der Waals surface area contributed by atoms with Crippen LogP contribution in [0.4, 0.5) is 0 Å². The third-order valence-electron chi connectivity index (χ3n) is 3.33. The van der Waals surface area contributed by atoms with E-state index in [1.807, 2.05) is 18.7 Å². The summed E-state index contributed by atoms with van der Waals surface area (Å²) in [6, 6.07) is 0. The fourth-order valence-corrected chi connectivity index (χ4v) is 3.03. The van der Waals surface area contributed by atoms with E-state index in [0.29, 0.717) is 11.3 Å². The van der Waals surface area contributed by atoms with Crippen LogP contribution in [-0.2, 0) is 4.79 Å². The SMILES string of the molecule is CSC1(CNCC(C)C(N)=O)CCCC1. The Morgan fingerprint density at radius 1 is 1.53 bits per heavy atom. The minimum absolute atomic E-state index is 0.0645. The Hall–Kier alpha value is -0.220. The van der Waals surface area contributed by atoms with Gasteiger partial charge in [-0.3, -0.25) is 4.79 Å². The summed E-state index contributed by atoms with van der Waals surface area (Å²) in [5.74, 6) is -0.280. The van der Waals surface area contributed by atoms with Gasteiger partial charge in [-0.15, -0.1) is 0 Å². The van der Waals surface area contributed by atoms with Crippen molar-refractivity contribution >= 4 is 17.7 Å². The molecule has 3 nitrogen and oxygen atoms in total. The van der Waals surface area contributed by atoms with Gasteiger partial charge < -0.3 is 11.1 Å². The zero-order valence-electron chi connectivity index (χ0n) is 9.71. The van der Waals surface area contributed by atoms with E-state index < -0.39 is 0 Å². The van der Waals surface area contributed by atoms with Crippen LogP contribution < -0.4 is 11.1 Å². The standard InChI is InChI=1S/C11H22N2OS/c1-9(10(12)14)7-13-8-11(15-2)5-3-4-6-11/h9,13H,3-8H2,1-2H3,(H2,12,14). The quantitative estimate of drug-likeness (QED) is 0.724. The van der Waals surface area contributed by atoms with Crippen molar-refractivity contribution in [2.75, 3.05) is 19.3 Å². The molecule has 15 heavy (non-hydrogen) atoms. The average Bonchev–Trinajstić information content (AvgIpc) is 2.67. The highest BCUT2D eigenvalue weighted by molar-refractivity contribution is 8.00. The van der Waals surface area contributed by atoms with Crippen LogP contribution in [0.15, 0.2) is 0 Å². The number of nitrogens with one attached hydrogen (secondary N) is 1. The second kappa shape index (κ2) is 5.75. The molecule has 1 rings (SSSR count). The lowest BCUT2D eigenvalue weighted by Crippen LogP contribution is -2.39. The van der Waals surface area contributed by atoms with Gasteiger partial charge in [-0.1, -0.05) is 19.8 Å². The highest BCUT2D eigenvalue weighted by Crippen LogP contribution is 2.39. The second-order valence-electron chi connectivity index (χ2n) is 4.53. The van der Waals surface area contributed by atoms with Gasteiger partial charge in [-0.25, -0.2) is 0 Å². The van der Waals surface area contributed by atoms with Crippen LogP contribution in [0.1, 0.15) is 32.6 Å². The summed E-state index contributed by atoms with van der Waals surface area (Å²) in [7, 11) is 0. The number of hydrogen-bond acceptors (Lipinski definition) is 3. The Morgan fingerprint density at radius 2 is 2.13 bits per heavy atom. The smallest absolute Gasteiger partial charge is 0.221 e. The molecule has 0 radical (unpaired) electrons. The summed E-state index contributed by atoms with van der Waals surface area (Å²) in [4.78, 5) is 10.9. The lowest BCUT2D eigenvalue weighted by Gasteiger charge is -2.27. The van der Waals surface area contributed by atoms with Gasteiger partial charge in [0.2, 0.25) is 5.91 Å². The van der Waals surface area contributed by atoms with E-state index in [2.05, 4.69) is 11.6 Å². The number of carbonyl (C=O) groups excluding carboxylic acids is 1. The first-order chi connectivity index (χ1) is 7.09. The number of rotatable bonds is 6. The van der Waals surface area contributed by atoms with E-state index in [-0.39, 0.29) is 11.8 Å². The van der Waals surface area contributed by atoms with Crippen LogP contribution in [0.5, 0.6) is 0 Å². The molecule has 0 bridgehead atoms. The summed E-state index contributed by atoms with van der Waals surface area (Å²) in [6.07, 6.45) is 7.46. The lowest BCUT2D eigenvalue weighted by molar-refractivity contribution is -0.121. The predicted octanol–water partition coefficient (Wildman–Crippen LogP) is 1.37. The van der Waals surface area contributed by atoms with E-state index in [4.69, 9.17) is 5.73 Å². The molecule has 4 heteroatoms. The number of primary amides is 1. The van der Waals surface area contributed by atoms with E-state index in [1.165, 1.54) is 25.7 Å². The van der Waals surface area contributed by atoms with Crippen LogP contribution in [0.2, 0.25) is 0 Å². The molecular weight excluding hydrogens is 208 g/mol. The van der Waals surface area contributed by atoms with Gasteiger partial charge in [0, 0.05) is 23.8 Å². The van der Waals surface area contributed by atoms with E-state index >= 15 is 0 Å². The minimum Gasteiger partial charge on any atom is -0.369 e. The van der Waals surface area contributed by atoms with Crippen LogP contribution >= 0.6 is 11.8 Å². The molecule has 0 spiro atoms. The van der Waals surface area contributed by atoms with Gasteiger partial charge in [0.25, 0.3) is 0 Å². The third kappa shape index (κ3) is 3.68. The second-order valence-corrected chi connectivity index (χ2v) is 5.80. The molecule has 0 heterocycles. The van der Waals surface area contributed by atoms with Crippen molar-refractivity contribution in [3.05, 3.63) is 0 Å². The van der Waals surface area contributed by atoms with E-state index in [0.717, 1.165) is 6.54 Å². The Morgan fingerprint density at radius 3 is 2.60 bits per heavy atom. The number of amides is 1. The summed E-state index contributed by atoms with van der Waals surface area (Å²) in [6.45, 7) is 3.58. The van der Waals surface area contributed by atoms with Crippen molar-refractivity contribution < 1.29 is 4.79 Å². The molecule has 0 aromatic carbocycles. The van der Waals surface area contributed by atoms with Gasteiger partial charge in [0.1, 0.15) is 0 Å². The summed E-state index contributed by atoms with van der Waals surface area (Å²) >= 11 is 1.96. The Balaban J connectivity index is 2.26. The fourth-order valence-electron chi connectivity index (χ4n) is 2.09. The Bertz CT molecular complexity index is 215. The molecule has 0 aromatic heterocycles. The lowest BCUT2D eigenvalue weighted by atomic mass is 10.1. The van der Waals surface area contributed by atoms with E-state index in [9.17, 15) is 4.79 Å². The minimum atomic E-state index is -0.216. The van der Waals surface area contributed by atoms with Crippen molar-refractivity contribution in [1.82, 2.24) is 5.32 Å². The first-order valence-electron chi connectivity index (χ1n) is 5.65. The summed E-state index contributed by atoms with van der Waals surface area (Å²) < 4.78 is 0.414. The zero-order chi connectivity index (χ0) is 11.3. The van der Waals surface area contributed by atoms with Gasteiger partial charge in [-0.05, 0) is 19.1 Å². The topological polar surface area (TPSA) is 55.1 Å². The third-order valence-corrected chi connectivity index (χ3v) is 4.75. The largest absolute Gasteiger partial charge is 0.369 e. The summed E-state index contributed by atoms with van der Waals surface area (Å²) in [5.41, 5.74) is 5.21. The van der Waals surface area contributed by atoms with Crippen LogP contribution in [0.3, 0.4) is 0 Å². The molecule has 0 aliphatic heterocycles. The molecule has 1 aliphatic rings. The Kier molecular flexibility index (Phi) is 4.93. The number of hydrogen-bond donors (Lipinski definition) is 2. The van der Waals surface area contributed by atoms with Crippen molar-refractivity contribution in [2.45, 2.75) is 37.4 Å². The molecule has 1 amide bonds. The maximum Gasteiger partial charge on any atom is 0.221 e. The average molecular weight is 230 g/mol. The summed E-state index contributed by atoms with van der Waals surface area (Å²) in [5, 5.41) is 3.38. The number of nitrogens with two attached hydrogens (primary N) is 1. The highest BCUT2D eigenvalue weighted by atomic mass is 32.2. The van der Waals surface area contributed by atoms with Crippen LogP contribution in [0.25, 0.3) is 0 Å². The molecule has 1 aliphatic carbocycles. The normalized spacial score (nSPS) is 21.5. The molecule has 3 N–H and O–H groups in total. The van der Waals surface area contributed by atoms with Crippen LogP contribution in [0, 0.1) is 5.92 Å². The van der Waals surface area contributed by atoms with Gasteiger partial charge in [0.05, 0.1) is 0 Å². The first kappa shape index (κ1) is 12.8. The van der Waals surface area contributed by atoms with Gasteiger partial charge >= 0.3 is 0 Å². The monoisotopic (exact) mass is 230 g/mol. The van der Waals surface area contributed by atoms with Gasteiger partial charge in [0.15, 0.2) is 0 Å². The molecule has 0 aromatic rings. The molecule has 88 valence electrons. The fraction of sp³-hybridized carbons (Fsp3) is 0.909.